The Morgan fingerprint density at radius 2 is 1.30 bits per heavy atom. The van der Waals surface area contributed by atoms with Gasteiger partial charge in [0.1, 0.15) is 0 Å². The standard InChI is InChI=1S/C25H26S2/c1-3-5-6-7-22-16-24-25(26-22)17-23(27-24)21-14-12-20(13-15-21)19-10-8-18(4-2)9-11-19/h8-17H,3-7H2,1-2H3. The first kappa shape index (κ1) is 18.5. The zero-order valence-corrected chi connectivity index (χ0v) is 17.8. The van der Waals surface area contributed by atoms with Gasteiger partial charge in [0.25, 0.3) is 0 Å². The molecule has 2 heteroatoms. The molecule has 0 N–H and O–H groups in total. The maximum Gasteiger partial charge on any atom is 0.0460 e. The summed E-state index contributed by atoms with van der Waals surface area (Å²) in [7, 11) is 0. The van der Waals surface area contributed by atoms with Crippen molar-refractivity contribution >= 4 is 32.1 Å². The number of benzene rings is 2. The number of hydrogen-bond donors (Lipinski definition) is 0. The zero-order chi connectivity index (χ0) is 18.6. The van der Waals surface area contributed by atoms with Crippen LogP contribution in [-0.4, -0.2) is 0 Å². The fraction of sp³-hybridized carbons (Fsp3) is 0.280. The maximum absolute atomic E-state index is 2.41. The Bertz CT molecular complexity index is 969. The first-order chi connectivity index (χ1) is 13.3. The van der Waals surface area contributed by atoms with Crippen molar-refractivity contribution in [2.24, 2.45) is 0 Å². The molecule has 2 aromatic carbocycles. The molecule has 0 amide bonds. The molecule has 27 heavy (non-hydrogen) atoms. The monoisotopic (exact) mass is 390 g/mol. The molecule has 0 nitrogen and oxygen atoms in total. The van der Waals surface area contributed by atoms with Crippen LogP contribution in [0.1, 0.15) is 43.6 Å². The van der Waals surface area contributed by atoms with Crippen molar-refractivity contribution in [1.29, 1.82) is 0 Å². The molecule has 0 saturated carbocycles. The van der Waals surface area contributed by atoms with Gasteiger partial charge in [-0.1, -0.05) is 75.2 Å². The van der Waals surface area contributed by atoms with E-state index in [4.69, 9.17) is 0 Å². The van der Waals surface area contributed by atoms with E-state index in [1.807, 2.05) is 22.7 Å². The van der Waals surface area contributed by atoms with E-state index in [2.05, 4.69) is 74.5 Å². The highest BCUT2D eigenvalue weighted by Crippen LogP contribution is 2.39. The molecule has 4 aromatic rings. The normalized spacial score (nSPS) is 11.3. The highest BCUT2D eigenvalue weighted by Gasteiger charge is 2.09. The van der Waals surface area contributed by atoms with Crippen LogP contribution in [0.25, 0.3) is 31.0 Å². The third kappa shape index (κ3) is 4.17. The molecule has 0 aliphatic heterocycles. The van der Waals surface area contributed by atoms with Crippen LogP contribution in [0.15, 0.2) is 60.7 Å². The molecule has 0 bridgehead atoms. The predicted molar refractivity (Wildman–Crippen MR) is 123 cm³/mol. The SMILES string of the molecule is CCCCCc1cc2sc(-c3ccc(-c4ccc(CC)cc4)cc3)cc2s1. The lowest BCUT2D eigenvalue weighted by Crippen LogP contribution is -1.82. The quantitative estimate of drug-likeness (QED) is 0.277. The Balaban J connectivity index is 1.51. The summed E-state index contributed by atoms with van der Waals surface area (Å²) < 4.78 is 2.89. The molecular formula is C25H26S2. The molecule has 0 spiro atoms. The van der Waals surface area contributed by atoms with Gasteiger partial charge in [0, 0.05) is 19.2 Å². The van der Waals surface area contributed by atoms with Crippen molar-refractivity contribution in [3.8, 4) is 21.6 Å². The summed E-state index contributed by atoms with van der Waals surface area (Å²) >= 11 is 3.90. The molecule has 0 unspecified atom stereocenters. The number of thiophene rings is 2. The predicted octanol–water partition coefficient (Wildman–Crippen LogP) is 8.59. The summed E-state index contributed by atoms with van der Waals surface area (Å²) in [5, 5.41) is 0. The van der Waals surface area contributed by atoms with Crippen LogP contribution in [0, 0.1) is 0 Å². The molecule has 2 aromatic heterocycles. The summed E-state index contributed by atoms with van der Waals surface area (Å²) in [5.41, 5.74) is 5.30. The number of fused-ring (bicyclic) bond motifs is 1. The number of aryl methyl sites for hydroxylation is 2. The second-order valence-corrected chi connectivity index (χ2v) is 9.39. The van der Waals surface area contributed by atoms with E-state index in [1.54, 1.807) is 4.88 Å². The third-order valence-corrected chi connectivity index (χ3v) is 7.55. The van der Waals surface area contributed by atoms with E-state index in [-0.39, 0.29) is 0 Å². The maximum atomic E-state index is 2.41. The second-order valence-electron chi connectivity index (χ2n) is 7.14. The van der Waals surface area contributed by atoms with E-state index in [1.165, 1.54) is 62.2 Å². The van der Waals surface area contributed by atoms with Gasteiger partial charge >= 0.3 is 0 Å². The van der Waals surface area contributed by atoms with Crippen LogP contribution in [0.2, 0.25) is 0 Å². The Morgan fingerprint density at radius 1 is 0.667 bits per heavy atom. The molecule has 4 rings (SSSR count). The summed E-state index contributed by atoms with van der Waals surface area (Å²) in [6, 6.07) is 22.7. The molecule has 0 atom stereocenters. The summed E-state index contributed by atoms with van der Waals surface area (Å²) in [6.45, 7) is 4.47. The van der Waals surface area contributed by atoms with Crippen molar-refractivity contribution in [2.75, 3.05) is 0 Å². The van der Waals surface area contributed by atoms with Crippen molar-refractivity contribution in [2.45, 2.75) is 46.0 Å². The lowest BCUT2D eigenvalue weighted by Gasteiger charge is -2.04. The van der Waals surface area contributed by atoms with Gasteiger partial charge in [-0.3, -0.25) is 0 Å². The highest BCUT2D eigenvalue weighted by atomic mass is 32.1. The molecule has 0 radical (unpaired) electrons. The summed E-state index contributed by atoms with van der Waals surface area (Å²) in [5.74, 6) is 0. The smallest absolute Gasteiger partial charge is 0.0460 e. The minimum absolute atomic E-state index is 1.09. The average Bonchev–Trinajstić information content (AvgIpc) is 3.27. The third-order valence-electron chi connectivity index (χ3n) is 5.15. The van der Waals surface area contributed by atoms with Crippen LogP contribution in [0.3, 0.4) is 0 Å². The molecule has 0 aliphatic rings. The number of hydrogen-bond acceptors (Lipinski definition) is 2. The van der Waals surface area contributed by atoms with E-state index >= 15 is 0 Å². The van der Waals surface area contributed by atoms with E-state index in [0.717, 1.165) is 6.42 Å². The summed E-state index contributed by atoms with van der Waals surface area (Å²) in [6.07, 6.45) is 6.28. The molecule has 2 heterocycles. The Labute approximate surface area is 170 Å². The lowest BCUT2D eigenvalue weighted by atomic mass is 10.0. The van der Waals surface area contributed by atoms with Gasteiger partial charge in [-0.15, -0.1) is 22.7 Å². The van der Waals surface area contributed by atoms with Crippen LogP contribution < -0.4 is 0 Å². The Hall–Kier alpha value is -1.90. The fourth-order valence-corrected chi connectivity index (χ4v) is 5.93. The Morgan fingerprint density at radius 3 is 1.93 bits per heavy atom. The molecular weight excluding hydrogens is 364 g/mol. The largest absolute Gasteiger partial charge is 0.139 e. The fourth-order valence-electron chi connectivity index (χ4n) is 3.46. The van der Waals surface area contributed by atoms with Crippen molar-refractivity contribution in [3.63, 3.8) is 0 Å². The molecule has 138 valence electrons. The minimum atomic E-state index is 1.09. The highest BCUT2D eigenvalue weighted by molar-refractivity contribution is 7.29. The molecule has 0 aliphatic carbocycles. The van der Waals surface area contributed by atoms with Gasteiger partial charge in [0.2, 0.25) is 0 Å². The van der Waals surface area contributed by atoms with Crippen LogP contribution in [0.5, 0.6) is 0 Å². The lowest BCUT2D eigenvalue weighted by molar-refractivity contribution is 0.723. The van der Waals surface area contributed by atoms with E-state index < -0.39 is 0 Å². The van der Waals surface area contributed by atoms with Crippen LogP contribution in [0.4, 0.5) is 0 Å². The minimum Gasteiger partial charge on any atom is -0.139 e. The Kier molecular flexibility index (Phi) is 5.75. The van der Waals surface area contributed by atoms with Gasteiger partial charge < -0.3 is 0 Å². The molecule has 0 fully saturated rings. The number of rotatable bonds is 7. The van der Waals surface area contributed by atoms with Gasteiger partial charge in [-0.2, -0.15) is 0 Å². The zero-order valence-electron chi connectivity index (χ0n) is 16.1. The number of unbranched alkanes of at least 4 members (excludes halogenated alkanes) is 2. The first-order valence-electron chi connectivity index (χ1n) is 9.99. The van der Waals surface area contributed by atoms with Gasteiger partial charge in [0.15, 0.2) is 0 Å². The summed E-state index contributed by atoms with van der Waals surface area (Å²) in [4.78, 5) is 2.92. The average molecular weight is 391 g/mol. The van der Waals surface area contributed by atoms with Crippen molar-refractivity contribution in [1.82, 2.24) is 0 Å². The second kappa shape index (κ2) is 8.41. The van der Waals surface area contributed by atoms with E-state index in [9.17, 15) is 0 Å². The van der Waals surface area contributed by atoms with Crippen LogP contribution >= 0.6 is 22.7 Å². The van der Waals surface area contributed by atoms with Crippen molar-refractivity contribution in [3.05, 3.63) is 71.1 Å². The topological polar surface area (TPSA) is 0 Å². The first-order valence-corrected chi connectivity index (χ1v) is 11.6. The van der Waals surface area contributed by atoms with Gasteiger partial charge in [-0.05, 0) is 53.6 Å². The van der Waals surface area contributed by atoms with E-state index in [0.29, 0.717) is 0 Å². The van der Waals surface area contributed by atoms with Crippen LogP contribution in [-0.2, 0) is 12.8 Å². The van der Waals surface area contributed by atoms with Gasteiger partial charge in [0.05, 0.1) is 0 Å². The van der Waals surface area contributed by atoms with Crippen molar-refractivity contribution < 1.29 is 0 Å². The molecule has 0 saturated heterocycles. The van der Waals surface area contributed by atoms with Gasteiger partial charge in [-0.25, -0.2) is 0 Å².